The molecule has 4 nitrogen and oxygen atoms in total. The average Bonchev–Trinajstić information content (AvgIpc) is 3.26. The van der Waals surface area contributed by atoms with Crippen LogP contribution in [0.2, 0.25) is 0 Å². The summed E-state index contributed by atoms with van der Waals surface area (Å²) in [5.41, 5.74) is 0.823. The normalized spacial score (nSPS) is 15.4. The van der Waals surface area contributed by atoms with E-state index in [1.54, 1.807) is 12.1 Å². The average molecular weight is 296 g/mol. The Bertz CT molecular complexity index is 524. The van der Waals surface area contributed by atoms with Crippen LogP contribution in [0, 0.1) is 5.92 Å². The maximum Gasteiger partial charge on any atom is 0.240 e. The van der Waals surface area contributed by atoms with E-state index >= 15 is 0 Å². The highest BCUT2D eigenvalue weighted by atomic mass is 32.2. The van der Waals surface area contributed by atoms with Gasteiger partial charge in [0.15, 0.2) is 0 Å². The van der Waals surface area contributed by atoms with Gasteiger partial charge < -0.3 is 5.32 Å². The van der Waals surface area contributed by atoms with Crippen LogP contribution in [0.4, 0.5) is 0 Å². The van der Waals surface area contributed by atoms with Crippen LogP contribution in [0.25, 0.3) is 0 Å². The van der Waals surface area contributed by atoms with Gasteiger partial charge in [0.25, 0.3) is 0 Å². The Morgan fingerprint density at radius 2 is 2.00 bits per heavy atom. The Labute approximate surface area is 122 Å². The summed E-state index contributed by atoms with van der Waals surface area (Å²) in [6.45, 7) is 3.94. The van der Waals surface area contributed by atoms with Crippen LogP contribution in [0.3, 0.4) is 0 Å². The quantitative estimate of drug-likeness (QED) is 0.687. The predicted molar refractivity (Wildman–Crippen MR) is 81.0 cm³/mol. The van der Waals surface area contributed by atoms with E-state index < -0.39 is 10.0 Å². The van der Waals surface area contributed by atoms with Gasteiger partial charge in [-0.05, 0) is 36.9 Å². The Morgan fingerprint density at radius 1 is 1.25 bits per heavy atom. The van der Waals surface area contributed by atoms with Crippen LogP contribution in [0.15, 0.2) is 29.2 Å². The maximum absolute atomic E-state index is 12.3. The van der Waals surface area contributed by atoms with Gasteiger partial charge in [0.05, 0.1) is 4.90 Å². The molecule has 2 N–H and O–H groups in total. The lowest BCUT2D eigenvalue weighted by Gasteiger charge is -2.11. The van der Waals surface area contributed by atoms with E-state index in [1.807, 2.05) is 19.1 Å². The third-order valence-electron chi connectivity index (χ3n) is 3.61. The van der Waals surface area contributed by atoms with Crippen LogP contribution in [-0.2, 0) is 16.6 Å². The molecule has 0 unspecified atom stereocenters. The first-order valence-corrected chi connectivity index (χ1v) is 8.90. The molecule has 20 heavy (non-hydrogen) atoms. The standard InChI is InChI=1S/C15H24N2O2S/c1-2-16-12-14-7-3-4-8-15(14)20(18,19)17-11-5-6-13-9-10-13/h3-4,7-8,13,16-17H,2,5-6,9-12H2,1H3. The molecule has 5 heteroatoms. The van der Waals surface area contributed by atoms with Gasteiger partial charge >= 0.3 is 0 Å². The summed E-state index contributed by atoms with van der Waals surface area (Å²) >= 11 is 0. The fourth-order valence-corrected chi connectivity index (χ4v) is 3.56. The largest absolute Gasteiger partial charge is 0.313 e. The zero-order valence-corrected chi connectivity index (χ0v) is 12.9. The predicted octanol–water partition coefficient (Wildman–Crippen LogP) is 2.26. The summed E-state index contributed by atoms with van der Waals surface area (Å²) in [6.07, 6.45) is 4.71. The molecule has 1 aliphatic rings. The zero-order chi connectivity index (χ0) is 14.4. The van der Waals surface area contributed by atoms with E-state index in [-0.39, 0.29) is 0 Å². The molecule has 0 bridgehead atoms. The van der Waals surface area contributed by atoms with Crippen LogP contribution in [-0.4, -0.2) is 21.5 Å². The van der Waals surface area contributed by atoms with Gasteiger partial charge in [0, 0.05) is 13.1 Å². The Hall–Kier alpha value is -0.910. The van der Waals surface area contributed by atoms with Crippen molar-refractivity contribution in [3.63, 3.8) is 0 Å². The van der Waals surface area contributed by atoms with E-state index in [4.69, 9.17) is 0 Å². The molecule has 0 aromatic heterocycles. The molecular formula is C15H24N2O2S. The number of hydrogen-bond acceptors (Lipinski definition) is 3. The smallest absolute Gasteiger partial charge is 0.240 e. The number of rotatable bonds is 9. The van der Waals surface area contributed by atoms with Gasteiger partial charge in [0.1, 0.15) is 0 Å². The lowest BCUT2D eigenvalue weighted by atomic mass is 10.2. The second-order valence-corrected chi connectivity index (χ2v) is 7.11. The molecule has 0 radical (unpaired) electrons. The monoisotopic (exact) mass is 296 g/mol. The summed E-state index contributed by atoms with van der Waals surface area (Å²) in [4.78, 5) is 0.396. The summed E-state index contributed by atoms with van der Waals surface area (Å²) in [7, 11) is -3.39. The molecule has 1 aromatic rings. The minimum Gasteiger partial charge on any atom is -0.313 e. The van der Waals surface area contributed by atoms with Gasteiger partial charge in [-0.2, -0.15) is 0 Å². The molecule has 1 aliphatic carbocycles. The molecule has 0 atom stereocenters. The molecule has 2 rings (SSSR count). The molecule has 1 fully saturated rings. The summed E-state index contributed by atoms with van der Waals surface area (Å²) < 4.78 is 27.4. The molecule has 1 saturated carbocycles. The lowest BCUT2D eigenvalue weighted by Crippen LogP contribution is -2.26. The molecule has 0 heterocycles. The molecule has 112 valence electrons. The van der Waals surface area contributed by atoms with Crippen molar-refractivity contribution in [1.29, 1.82) is 0 Å². The van der Waals surface area contributed by atoms with Crippen molar-refractivity contribution >= 4 is 10.0 Å². The minimum atomic E-state index is -3.39. The van der Waals surface area contributed by atoms with Crippen molar-refractivity contribution in [2.75, 3.05) is 13.1 Å². The first-order valence-electron chi connectivity index (χ1n) is 7.41. The Kier molecular flexibility index (Phi) is 5.57. The van der Waals surface area contributed by atoms with Crippen molar-refractivity contribution in [3.05, 3.63) is 29.8 Å². The topological polar surface area (TPSA) is 58.2 Å². The number of benzene rings is 1. The summed E-state index contributed by atoms with van der Waals surface area (Å²) in [5, 5.41) is 3.18. The third kappa shape index (κ3) is 4.58. The molecule has 0 spiro atoms. The van der Waals surface area contributed by atoms with Gasteiger partial charge in [-0.3, -0.25) is 0 Å². The van der Waals surface area contributed by atoms with E-state index in [1.165, 1.54) is 12.8 Å². The molecule has 1 aromatic carbocycles. The zero-order valence-electron chi connectivity index (χ0n) is 12.1. The number of sulfonamides is 1. The first-order chi connectivity index (χ1) is 9.63. The first kappa shape index (κ1) is 15.5. The third-order valence-corrected chi connectivity index (χ3v) is 5.17. The van der Waals surface area contributed by atoms with Crippen LogP contribution in [0.1, 0.15) is 38.2 Å². The maximum atomic E-state index is 12.3. The molecule has 0 amide bonds. The van der Waals surface area contributed by atoms with Crippen molar-refractivity contribution in [3.8, 4) is 0 Å². The van der Waals surface area contributed by atoms with Gasteiger partial charge in [-0.1, -0.05) is 38.0 Å². The highest BCUT2D eigenvalue weighted by molar-refractivity contribution is 7.89. The number of nitrogens with one attached hydrogen (secondary N) is 2. The van der Waals surface area contributed by atoms with Crippen LogP contribution in [0.5, 0.6) is 0 Å². The van der Waals surface area contributed by atoms with Crippen molar-refractivity contribution < 1.29 is 8.42 Å². The minimum absolute atomic E-state index is 0.396. The van der Waals surface area contributed by atoms with Crippen molar-refractivity contribution in [2.45, 2.75) is 44.0 Å². The molecular weight excluding hydrogens is 272 g/mol. The van der Waals surface area contributed by atoms with Crippen molar-refractivity contribution in [1.82, 2.24) is 10.0 Å². The second kappa shape index (κ2) is 7.20. The van der Waals surface area contributed by atoms with Crippen LogP contribution >= 0.6 is 0 Å². The fraction of sp³-hybridized carbons (Fsp3) is 0.600. The summed E-state index contributed by atoms with van der Waals surface area (Å²) in [5.74, 6) is 0.848. The fourth-order valence-electron chi connectivity index (χ4n) is 2.25. The second-order valence-electron chi connectivity index (χ2n) is 5.37. The Balaban J connectivity index is 1.95. The van der Waals surface area contributed by atoms with E-state index in [2.05, 4.69) is 10.0 Å². The highest BCUT2D eigenvalue weighted by Gasteiger charge is 2.21. The SMILES string of the molecule is CCNCc1ccccc1S(=O)(=O)NCCCC1CC1. The highest BCUT2D eigenvalue weighted by Crippen LogP contribution is 2.33. The van der Waals surface area contributed by atoms with Gasteiger partial charge in [-0.25, -0.2) is 13.1 Å². The van der Waals surface area contributed by atoms with E-state index in [0.29, 0.717) is 18.0 Å². The van der Waals surface area contributed by atoms with Crippen LogP contribution < -0.4 is 10.0 Å². The Morgan fingerprint density at radius 3 is 2.70 bits per heavy atom. The van der Waals surface area contributed by atoms with Gasteiger partial charge in [-0.15, -0.1) is 0 Å². The molecule has 0 aliphatic heterocycles. The lowest BCUT2D eigenvalue weighted by molar-refractivity contribution is 0.570. The van der Waals surface area contributed by atoms with Crippen molar-refractivity contribution in [2.24, 2.45) is 5.92 Å². The van der Waals surface area contributed by atoms with Gasteiger partial charge in [0.2, 0.25) is 10.0 Å². The number of hydrogen-bond donors (Lipinski definition) is 2. The summed E-state index contributed by atoms with van der Waals surface area (Å²) in [6, 6.07) is 7.18. The molecule has 0 saturated heterocycles. The van der Waals surface area contributed by atoms with E-state index in [9.17, 15) is 8.42 Å². The van der Waals surface area contributed by atoms with E-state index in [0.717, 1.165) is 30.9 Å².